The van der Waals surface area contributed by atoms with E-state index in [1.165, 1.54) is 0 Å². The summed E-state index contributed by atoms with van der Waals surface area (Å²) in [7, 11) is 0. The van der Waals surface area contributed by atoms with Crippen LogP contribution in [-0.2, 0) is 10.3 Å². The molecule has 1 aliphatic rings. The molecule has 2 rings (SSSR count). The van der Waals surface area contributed by atoms with Crippen LogP contribution in [0.15, 0.2) is 30.3 Å². The van der Waals surface area contributed by atoms with Crippen molar-refractivity contribution in [3.05, 3.63) is 35.9 Å². The van der Waals surface area contributed by atoms with E-state index < -0.39 is 0 Å². The van der Waals surface area contributed by atoms with Crippen LogP contribution in [0.2, 0.25) is 0 Å². The molecule has 4 nitrogen and oxygen atoms in total. The molecule has 0 spiro atoms. The zero-order valence-electron chi connectivity index (χ0n) is 10.9. The van der Waals surface area contributed by atoms with Crippen molar-refractivity contribution < 1.29 is 9.53 Å². The molecule has 1 aromatic carbocycles. The van der Waals surface area contributed by atoms with Gasteiger partial charge in [0.05, 0.1) is 18.2 Å². The minimum absolute atomic E-state index is 0.136. The molecule has 1 fully saturated rings. The highest BCUT2D eigenvalue weighted by Crippen LogP contribution is 2.19. The molecular formula is C14H20N2O2. The summed E-state index contributed by atoms with van der Waals surface area (Å²) in [5.74, 6) is 0. The Kier molecular flexibility index (Phi) is 3.87. The number of ether oxygens (including phenoxy) is 1. The number of amides is 2. The number of nitrogens with one attached hydrogen (secondary N) is 2. The lowest BCUT2D eigenvalue weighted by Gasteiger charge is -2.27. The predicted molar refractivity (Wildman–Crippen MR) is 70.4 cm³/mol. The summed E-state index contributed by atoms with van der Waals surface area (Å²) in [5, 5.41) is 5.92. The number of benzene rings is 1. The lowest BCUT2D eigenvalue weighted by Crippen LogP contribution is -2.49. The van der Waals surface area contributed by atoms with Gasteiger partial charge < -0.3 is 15.4 Å². The van der Waals surface area contributed by atoms with Gasteiger partial charge in [-0.3, -0.25) is 0 Å². The number of hydrogen-bond donors (Lipinski definition) is 2. The molecule has 1 unspecified atom stereocenters. The second-order valence-corrected chi connectivity index (χ2v) is 5.15. The van der Waals surface area contributed by atoms with Gasteiger partial charge in [0.2, 0.25) is 0 Å². The molecule has 2 amide bonds. The van der Waals surface area contributed by atoms with Crippen LogP contribution < -0.4 is 10.6 Å². The lowest BCUT2D eigenvalue weighted by atomic mass is 9.94. The van der Waals surface area contributed by atoms with Gasteiger partial charge in [0.15, 0.2) is 0 Å². The number of hydrogen-bond acceptors (Lipinski definition) is 2. The third kappa shape index (κ3) is 3.23. The molecule has 98 valence electrons. The highest BCUT2D eigenvalue weighted by Gasteiger charge is 2.24. The molecule has 4 heteroatoms. The molecule has 0 aliphatic carbocycles. The quantitative estimate of drug-likeness (QED) is 0.859. The number of urea groups is 1. The van der Waals surface area contributed by atoms with Crippen molar-refractivity contribution in [2.75, 3.05) is 13.2 Å². The molecule has 1 aliphatic heterocycles. The Balaban J connectivity index is 1.93. The van der Waals surface area contributed by atoms with Gasteiger partial charge in [-0.05, 0) is 25.8 Å². The zero-order chi connectivity index (χ0) is 13.0. The van der Waals surface area contributed by atoms with Crippen molar-refractivity contribution in [2.45, 2.75) is 31.8 Å². The van der Waals surface area contributed by atoms with Gasteiger partial charge in [0, 0.05) is 6.61 Å². The van der Waals surface area contributed by atoms with Crippen LogP contribution in [0.1, 0.15) is 25.8 Å². The summed E-state index contributed by atoms with van der Waals surface area (Å²) in [6.07, 6.45) is 0.888. The van der Waals surface area contributed by atoms with E-state index in [-0.39, 0.29) is 17.6 Å². The Morgan fingerprint density at radius 1 is 1.33 bits per heavy atom. The highest BCUT2D eigenvalue weighted by molar-refractivity contribution is 5.75. The van der Waals surface area contributed by atoms with Crippen molar-refractivity contribution >= 4 is 6.03 Å². The van der Waals surface area contributed by atoms with E-state index in [1.54, 1.807) is 0 Å². The van der Waals surface area contributed by atoms with E-state index in [0.717, 1.165) is 18.6 Å². The van der Waals surface area contributed by atoms with Crippen molar-refractivity contribution in [3.63, 3.8) is 0 Å². The van der Waals surface area contributed by atoms with Gasteiger partial charge in [-0.1, -0.05) is 30.3 Å². The molecule has 1 saturated heterocycles. The second kappa shape index (κ2) is 5.40. The average Bonchev–Trinajstić information content (AvgIpc) is 2.82. The maximum Gasteiger partial charge on any atom is 0.315 e. The van der Waals surface area contributed by atoms with Crippen molar-refractivity contribution in [3.8, 4) is 0 Å². The van der Waals surface area contributed by atoms with Crippen LogP contribution in [0.5, 0.6) is 0 Å². The van der Waals surface area contributed by atoms with Crippen LogP contribution in [0.4, 0.5) is 4.79 Å². The molecule has 2 N–H and O–H groups in total. The van der Waals surface area contributed by atoms with Crippen LogP contribution in [0.3, 0.4) is 0 Å². The topological polar surface area (TPSA) is 50.4 Å². The summed E-state index contributed by atoms with van der Waals surface area (Å²) in [5.41, 5.74) is 0.702. The summed E-state index contributed by atoms with van der Waals surface area (Å²) in [6, 6.07) is 9.94. The first-order chi connectivity index (χ1) is 8.58. The average molecular weight is 248 g/mol. The molecule has 0 saturated carbocycles. The van der Waals surface area contributed by atoms with Crippen molar-refractivity contribution in [2.24, 2.45) is 0 Å². The minimum Gasteiger partial charge on any atom is -0.379 e. The number of carbonyl (C=O) groups excluding carboxylic acids is 1. The van der Waals surface area contributed by atoms with Crippen LogP contribution in [0.25, 0.3) is 0 Å². The molecule has 0 radical (unpaired) electrons. The molecule has 1 atom stereocenters. The van der Waals surface area contributed by atoms with E-state index >= 15 is 0 Å². The minimum atomic E-state index is -0.384. The van der Waals surface area contributed by atoms with Crippen molar-refractivity contribution in [1.29, 1.82) is 0 Å². The first-order valence-electron chi connectivity index (χ1n) is 6.30. The van der Waals surface area contributed by atoms with Gasteiger partial charge >= 0.3 is 6.03 Å². The third-order valence-electron chi connectivity index (χ3n) is 3.19. The molecule has 18 heavy (non-hydrogen) atoms. The van der Waals surface area contributed by atoms with Crippen LogP contribution in [0, 0.1) is 0 Å². The maximum atomic E-state index is 11.9. The Bertz CT molecular complexity index is 398. The van der Waals surface area contributed by atoms with Gasteiger partial charge in [0.1, 0.15) is 0 Å². The van der Waals surface area contributed by atoms with Gasteiger partial charge in [-0.15, -0.1) is 0 Å². The van der Waals surface area contributed by atoms with Gasteiger partial charge in [-0.25, -0.2) is 4.79 Å². The normalized spacial score (nSPS) is 19.6. The summed E-state index contributed by atoms with van der Waals surface area (Å²) >= 11 is 0. The monoisotopic (exact) mass is 248 g/mol. The molecule has 0 bridgehead atoms. The first kappa shape index (κ1) is 12.9. The maximum absolute atomic E-state index is 11.9. The number of carbonyl (C=O) groups is 1. The lowest BCUT2D eigenvalue weighted by molar-refractivity contribution is 0.187. The fourth-order valence-electron chi connectivity index (χ4n) is 2.08. The van der Waals surface area contributed by atoms with Gasteiger partial charge in [0.25, 0.3) is 0 Å². The number of rotatable bonds is 3. The Hall–Kier alpha value is -1.55. The predicted octanol–water partition coefficient (Wildman–Crippen LogP) is 2.01. The van der Waals surface area contributed by atoms with Crippen LogP contribution in [-0.4, -0.2) is 25.3 Å². The first-order valence-corrected chi connectivity index (χ1v) is 6.30. The SMILES string of the molecule is CC(C)(NC(=O)NC1CCOC1)c1ccccc1. The standard InChI is InChI=1S/C14H20N2O2/c1-14(2,11-6-4-3-5-7-11)16-13(17)15-12-8-9-18-10-12/h3-7,12H,8-10H2,1-2H3,(H2,15,16,17). The van der Waals surface area contributed by atoms with E-state index in [9.17, 15) is 4.79 Å². The smallest absolute Gasteiger partial charge is 0.315 e. The van der Waals surface area contributed by atoms with E-state index in [2.05, 4.69) is 10.6 Å². The Morgan fingerprint density at radius 3 is 2.67 bits per heavy atom. The Morgan fingerprint density at radius 2 is 2.06 bits per heavy atom. The largest absolute Gasteiger partial charge is 0.379 e. The summed E-state index contributed by atoms with van der Waals surface area (Å²) in [6.45, 7) is 5.33. The molecule has 1 aromatic rings. The summed E-state index contributed by atoms with van der Waals surface area (Å²) in [4.78, 5) is 11.9. The fourth-order valence-corrected chi connectivity index (χ4v) is 2.08. The summed E-state index contributed by atoms with van der Waals surface area (Å²) < 4.78 is 5.23. The Labute approximate surface area is 108 Å². The molecule has 0 aromatic heterocycles. The zero-order valence-corrected chi connectivity index (χ0v) is 10.9. The third-order valence-corrected chi connectivity index (χ3v) is 3.19. The highest BCUT2D eigenvalue weighted by atomic mass is 16.5. The second-order valence-electron chi connectivity index (χ2n) is 5.15. The van der Waals surface area contributed by atoms with Crippen molar-refractivity contribution in [1.82, 2.24) is 10.6 Å². The van der Waals surface area contributed by atoms with Gasteiger partial charge in [-0.2, -0.15) is 0 Å². The molecule has 1 heterocycles. The van der Waals surface area contributed by atoms with E-state index in [0.29, 0.717) is 6.61 Å². The molecular weight excluding hydrogens is 228 g/mol. The fraction of sp³-hybridized carbons (Fsp3) is 0.500. The van der Waals surface area contributed by atoms with E-state index in [1.807, 2.05) is 44.2 Å². The van der Waals surface area contributed by atoms with E-state index in [4.69, 9.17) is 4.74 Å². The van der Waals surface area contributed by atoms with Crippen LogP contribution >= 0.6 is 0 Å².